The van der Waals surface area contributed by atoms with Gasteiger partial charge in [-0.15, -0.1) is 0 Å². The van der Waals surface area contributed by atoms with Crippen molar-refractivity contribution >= 4 is 11.0 Å². The van der Waals surface area contributed by atoms with Crippen molar-refractivity contribution in [2.24, 2.45) is 0 Å². The molecule has 1 N–H and O–H groups in total. The van der Waals surface area contributed by atoms with Crippen molar-refractivity contribution in [3.63, 3.8) is 0 Å². The molecule has 2 nitrogen and oxygen atoms in total. The zero-order valence-corrected chi connectivity index (χ0v) is 11.9. The maximum absolute atomic E-state index is 5.81. The largest absolute Gasteiger partial charge is 0.460 e. The van der Waals surface area contributed by atoms with Crippen LogP contribution in [0.3, 0.4) is 0 Å². The highest BCUT2D eigenvalue weighted by Crippen LogP contribution is 2.20. The van der Waals surface area contributed by atoms with Crippen molar-refractivity contribution in [1.82, 2.24) is 5.32 Å². The molecule has 0 saturated carbocycles. The molecule has 20 heavy (non-hydrogen) atoms. The number of fused-ring (bicyclic) bond motifs is 1. The summed E-state index contributed by atoms with van der Waals surface area (Å²) in [6.45, 7) is 5.02. The number of aryl methyl sites for hydroxylation is 1. The van der Waals surface area contributed by atoms with Crippen molar-refractivity contribution in [3.05, 3.63) is 71.5 Å². The van der Waals surface area contributed by atoms with Gasteiger partial charge in [-0.1, -0.05) is 48.0 Å². The van der Waals surface area contributed by atoms with Crippen LogP contribution in [0.2, 0.25) is 0 Å². The zero-order chi connectivity index (χ0) is 13.9. The van der Waals surface area contributed by atoms with Crippen LogP contribution < -0.4 is 5.32 Å². The monoisotopic (exact) mass is 265 g/mol. The van der Waals surface area contributed by atoms with E-state index in [1.807, 2.05) is 18.2 Å². The molecule has 1 aromatic heterocycles. The number of hydrogen-bond donors (Lipinski definition) is 1. The maximum atomic E-state index is 5.81. The molecule has 1 unspecified atom stereocenters. The Morgan fingerprint density at radius 3 is 2.55 bits per heavy atom. The molecule has 3 rings (SSSR count). The normalized spacial score (nSPS) is 12.7. The molecular formula is C18H19NO. The van der Waals surface area contributed by atoms with Crippen LogP contribution in [0.15, 0.2) is 59.0 Å². The number of hydrogen-bond acceptors (Lipinski definition) is 2. The van der Waals surface area contributed by atoms with Gasteiger partial charge in [0.2, 0.25) is 0 Å². The van der Waals surface area contributed by atoms with Crippen LogP contribution in [0, 0.1) is 6.92 Å². The Balaban J connectivity index is 1.68. The quantitative estimate of drug-likeness (QED) is 0.746. The Morgan fingerprint density at radius 2 is 1.80 bits per heavy atom. The lowest BCUT2D eigenvalue weighted by Gasteiger charge is -2.13. The predicted octanol–water partition coefficient (Wildman–Crippen LogP) is 4.59. The van der Waals surface area contributed by atoms with E-state index in [0.717, 1.165) is 23.3 Å². The minimum atomic E-state index is 0.309. The minimum Gasteiger partial charge on any atom is -0.460 e. The van der Waals surface area contributed by atoms with Crippen LogP contribution in [0.5, 0.6) is 0 Å². The highest BCUT2D eigenvalue weighted by Gasteiger charge is 2.07. The lowest BCUT2D eigenvalue weighted by molar-refractivity contribution is 0.482. The van der Waals surface area contributed by atoms with E-state index in [9.17, 15) is 0 Å². The van der Waals surface area contributed by atoms with Crippen molar-refractivity contribution in [1.29, 1.82) is 0 Å². The molecular weight excluding hydrogens is 246 g/mol. The van der Waals surface area contributed by atoms with Crippen LogP contribution in [0.1, 0.15) is 29.9 Å². The van der Waals surface area contributed by atoms with Gasteiger partial charge in [0.15, 0.2) is 0 Å². The third kappa shape index (κ3) is 2.75. The van der Waals surface area contributed by atoms with E-state index in [2.05, 4.69) is 55.6 Å². The molecule has 2 heteroatoms. The Labute approximate surface area is 119 Å². The number of nitrogens with one attached hydrogen (secondary N) is 1. The Bertz CT molecular complexity index is 664. The fourth-order valence-electron chi connectivity index (χ4n) is 2.35. The van der Waals surface area contributed by atoms with Gasteiger partial charge in [-0.2, -0.15) is 0 Å². The van der Waals surface area contributed by atoms with Gasteiger partial charge in [0.25, 0.3) is 0 Å². The Morgan fingerprint density at radius 1 is 1.05 bits per heavy atom. The molecule has 1 heterocycles. The number of para-hydroxylation sites is 1. The minimum absolute atomic E-state index is 0.309. The molecule has 0 aliphatic heterocycles. The highest BCUT2D eigenvalue weighted by atomic mass is 16.3. The summed E-state index contributed by atoms with van der Waals surface area (Å²) in [5.41, 5.74) is 3.54. The van der Waals surface area contributed by atoms with E-state index < -0.39 is 0 Å². The SMILES string of the molecule is Cc1ccc(C(C)NCc2cc3ccccc3o2)cc1. The summed E-state index contributed by atoms with van der Waals surface area (Å²) in [7, 11) is 0. The van der Waals surface area contributed by atoms with E-state index in [4.69, 9.17) is 4.42 Å². The molecule has 0 fully saturated rings. The van der Waals surface area contributed by atoms with E-state index in [-0.39, 0.29) is 0 Å². The average molecular weight is 265 g/mol. The molecule has 3 aromatic rings. The number of furan rings is 1. The molecule has 0 amide bonds. The molecule has 0 aliphatic rings. The van der Waals surface area contributed by atoms with Gasteiger partial charge in [-0.3, -0.25) is 0 Å². The third-order valence-electron chi connectivity index (χ3n) is 3.64. The summed E-state index contributed by atoms with van der Waals surface area (Å²) in [5.74, 6) is 0.977. The van der Waals surface area contributed by atoms with Crippen LogP contribution in [0.25, 0.3) is 11.0 Å². The van der Waals surface area contributed by atoms with Gasteiger partial charge >= 0.3 is 0 Å². The first-order valence-electron chi connectivity index (χ1n) is 7.00. The predicted molar refractivity (Wildman–Crippen MR) is 82.6 cm³/mol. The number of benzene rings is 2. The highest BCUT2D eigenvalue weighted by molar-refractivity contribution is 5.77. The lowest BCUT2D eigenvalue weighted by atomic mass is 10.1. The summed E-state index contributed by atoms with van der Waals surface area (Å²) in [6, 6.07) is 19.2. The molecule has 0 aliphatic carbocycles. The van der Waals surface area contributed by atoms with Gasteiger partial charge in [-0.05, 0) is 31.5 Å². The summed E-state index contributed by atoms with van der Waals surface area (Å²) in [6.07, 6.45) is 0. The van der Waals surface area contributed by atoms with E-state index in [0.29, 0.717) is 6.04 Å². The van der Waals surface area contributed by atoms with Gasteiger partial charge in [0, 0.05) is 11.4 Å². The third-order valence-corrected chi connectivity index (χ3v) is 3.64. The summed E-state index contributed by atoms with van der Waals surface area (Å²) in [5, 5.41) is 4.66. The maximum Gasteiger partial charge on any atom is 0.134 e. The Kier molecular flexibility index (Phi) is 3.57. The van der Waals surface area contributed by atoms with Crippen LogP contribution >= 0.6 is 0 Å². The average Bonchev–Trinajstić information content (AvgIpc) is 2.88. The second-order valence-electron chi connectivity index (χ2n) is 5.26. The topological polar surface area (TPSA) is 25.2 Å². The van der Waals surface area contributed by atoms with Gasteiger partial charge < -0.3 is 9.73 Å². The van der Waals surface area contributed by atoms with Crippen LogP contribution in [-0.4, -0.2) is 0 Å². The first kappa shape index (κ1) is 12.9. The first-order valence-corrected chi connectivity index (χ1v) is 7.00. The molecule has 1 atom stereocenters. The summed E-state index contributed by atoms with van der Waals surface area (Å²) in [4.78, 5) is 0. The fourth-order valence-corrected chi connectivity index (χ4v) is 2.35. The van der Waals surface area contributed by atoms with E-state index in [1.165, 1.54) is 11.1 Å². The summed E-state index contributed by atoms with van der Waals surface area (Å²) >= 11 is 0. The van der Waals surface area contributed by atoms with Crippen LogP contribution in [-0.2, 0) is 6.54 Å². The van der Waals surface area contributed by atoms with Crippen molar-refractivity contribution < 1.29 is 4.42 Å². The molecule has 102 valence electrons. The van der Waals surface area contributed by atoms with Crippen LogP contribution in [0.4, 0.5) is 0 Å². The lowest BCUT2D eigenvalue weighted by Crippen LogP contribution is -2.17. The van der Waals surface area contributed by atoms with Gasteiger partial charge in [-0.25, -0.2) is 0 Å². The van der Waals surface area contributed by atoms with Crippen molar-refractivity contribution in [2.75, 3.05) is 0 Å². The molecule has 2 aromatic carbocycles. The summed E-state index contributed by atoms with van der Waals surface area (Å²) < 4.78 is 5.81. The standard InChI is InChI=1S/C18H19NO/c1-13-7-9-15(10-8-13)14(2)19-12-17-11-16-5-3-4-6-18(16)20-17/h3-11,14,19H,12H2,1-2H3. The molecule has 0 saturated heterocycles. The van der Waals surface area contributed by atoms with Gasteiger partial charge in [0.1, 0.15) is 11.3 Å². The Hall–Kier alpha value is -2.06. The zero-order valence-electron chi connectivity index (χ0n) is 11.9. The molecule has 0 radical (unpaired) electrons. The van der Waals surface area contributed by atoms with E-state index in [1.54, 1.807) is 0 Å². The smallest absolute Gasteiger partial charge is 0.134 e. The molecule has 0 bridgehead atoms. The second kappa shape index (κ2) is 5.51. The second-order valence-corrected chi connectivity index (χ2v) is 5.26. The molecule has 0 spiro atoms. The number of rotatable bonds is 4. The van der Waals surface area contributed by atoms with Crippen molar-refractivity contribution in [2.45, 2.75) is 26.4 Å². The fraction of sp³-hybridized carbons (Fsp3) is 0.222. The first-order chi connectivity index (χ1) is 9.72. The van der Waals surface area contributed by atoms with E-state index >= 15 is 0 Å². The van der Waals surface area contributed by atoms with Crippen molar-refractivity contribution in [3.8, 4) is 0 Å². The van der Waals surface area contributed by atoms with Gasteiger partial charge in [0.05, 0.1) is 6.54 Å².